The van der Waals surface area contributed by atoms with Crippen molar-refractivity contribution in [1.29, 1.82) is 0 Å². The molecule has 2 aliphatic carbocycles. The first kappa shape index (κ1) is 34.2. The monoisotopic (exact) mass is 658 g/mol. The number of nitrogens with zero attached hydrogens (tertiary/aromatic N) is 1. The van der Waals surface area contributed by atoms with E-state index in [0.29, 0.717) is 30.9 Å². The molecular weight excluding hydrogens is 616 g/mol. The van der Waals surface area contributed by atoms with Crippen LogP contribution in [0, 0.1) is 5.92 Å². The van der Waals surface area contributed by atoms with Gasteiger partial charge in [-0.2, -0.15) is 0 Å². The van der Waals surface area contributed by atoms with Crippen LogP contribution in [0.25, 0.3) is 0 Å². The third kappa shape index (κ3) is 5.93. The quantitative estimate of drug-likeness (QED) is 0.216. The first-order chi connectivity index (χ1) is 22.1. The number of benzene rings is 1. The highest BCUT2D eigenvalue weighted by molar-refractivity contribution is 5.89. The van der Waals surface area contributed by atoms with Crippen molar-refractivity contribution in [1.82, 2.24) is 10.2 Å². The largest absolute Gasteiger partial charge is 0.493 e. The number of ether oxygens (including phenoxy) is 5. The van der Waals surface area contributed by atoms with Gasteiger partial charge in [0, 0.05) is 24.9 Å². The summed E-state index contributed by atoms with van der Waals surface area (Å²) in [6.07, 6.45) is -1.75. The van der Waals surface area contributed by atoms with E-state index < -0.39 is 71.6 Å². The Balaban J connectivity index is 1.33. The molecule has 47 heavy (non-hydrogen) atoms. The van der Waals surface area contributed by atoms with Crippen LogP contribution >= 0.6 is 0 Å². The number of carbonyl (C=O) groups excluding carboxylic acids is 4. The van der Waals surface area contributed by atoms with Gasteiger partial charge in [-0.3, -0.25) is 14.4 Å². The van der Waals surface area contributed by atoms with E-state index in [1.807, 2.05) is 19.2 Å². The van der Waals surface area contributed by atoms with Crippen LogP contribution < -0.4 is 14.8 Å². The van der Waals surface area contributed by atoms with E-state index in [9.17, 15) is 34.2 Å². The fourth-order valence-corrected chi connectivity index (χ4v) is 7.57. The zero-order chi connectivity index (χ0) is 34.4. The Kier molecular flexibility index (Phi) is 9.30. The van der Waals surface area contributed by atoms with Gasteiger partial charge in [0.1, 0.15) is 11.8 Å². The second-order valence-corrected chi connectivity index (χ2v) is 13.2. The SMILES string of the molecule is COc1ccc2c3c1O[C@H]1C(OC(=O)C[C@H](OC(C)=O)C(=O)O[C@@H](C)C(=O)N[C@@H](CC(C)C)C(=O)O)=CC[C@@]4(O)[C@H](C2)N(C)CC[C@]314. The number of methoxy groups -OCH3 is 1. The van der Waals surface area contributed by atoms with Crippen molar-refractivity contribution in [3.63, 3.8) is 0 Å². The lowest BCUT2D eigenvalue weighted by molar-refractivity contribution is -0.177. The van der Waals surface area contributed by atoms with E-state index in [4.69, 9.17) is 23.7 Å². The number of hydrogen-bond donors (Lipinski definition) is 3. The van der Waals surface area contributed by atoms with Gasteiger partial charge in [0.25, 0.3) is 5.91 Å². The topological polar surface area (TPSA) is 187 Å². The smallest absolute Gasteiger partial charge is 0.348 e. The molecule has 2 heterocycles. The number of carboxylic acids is 1. The molecule has 5 rings (SSSR count). The Bertz CT molecular complexity index is 1510. The minimum atomic E-state index is -1.75. The molecule has 7 atom stereocenters. The van der Waals surface area contributed by atoms with Gasteiger partial charge in [-0.05, 0) is 63.4 Å². The van der Waals surface area contributed by atoms with Gasteiger partial charge in [-0.1, -0.05) is 19.9 Å². The van der Waals surface area contributed by atoms with E-state index in [2.05, 4.69) is 10.2 Å². The first-order valence-corrected chi connectivity index (χ1v) is 15.7. The van der Waals surface area contributed by atoms with Crippen molar-refractivity contribution in [2.45, 2.75) is 101 Å². The Morgan fingerprint density at radius 2 is 1.87 bits per heavy atom. The first-order valence-electron chi connectivity index (χ1n) is 15.7. The standard InChI is InChI=1S/C33H42N2O12/c1-16(2)13-20(30(39)40)34-29(38)17(3)44-31(41)23(45-18(4)36)15-25(37)46-22-9-10-33(42)24-14-19-7-8-21(43-6)27-26(19)32(33,28(22)47-27)11-12-35(24)5/h7-9,16-17,20,23-24,28,42H,10-15H2,1-6H3,(H,34,38)(H,39,40)/t17-,20-,23-,24-,28-,32-,33+/m0/s1. The number of nitrogens with one attached hydrogen (secondary N) is 1. The van der Waals surface area contributed by atoms with E-state index >= 15 is 0 Å². The second kappa shape index (κ2) is 12.8. The van der Waals surface area contributed by atoms with Crippen LogP contribution in [0.2, 0.25) is 0 Å². The number of carbonyl (C=O) groups is 5. The molecule has 1 aromatic carbocycles. The van der Waals surface area contributed by atoms with E-state index in [1.54, 1.807) is 19.9 Å². The predicted molar refractivity (Wildman–Crippen MR) is 162 cm³/mol. The number of carboxylic acid groups (broad SMARTS) is 1. The number of aliphatic carboxylic acids is 1. The van der Waals surface area contributed by atoms with Crippen molar-refractivity contribution in [2.24, 2.45) is 5.92 Å². The number of esters is 3. The van der Waals surface area contributed by atoms with Crippen molar-refractivity contribution in [3.05, 3.63) is 35.1 Å². The Labute approximate surface area is 272 Å². The minimum Gasteiger partial charge on any atom is -0.493 e. The average Bonchev–Trinajstić information content (AvgIpc) is 3.35. The number of piperidine rings is 1. The molecule has 2 aliphatic heterocycles. The molecule has 1 fully saturated rings. The number of rotatable bonds is 12. The summed E-state index contributed by atoms with van der Waals surface area (Å²) in [6, 6.07) is 2.39. The molecule has 0 unspecified atom stereocenters. The second-order valence-electron chi connectivity index (χ2n) is 13.2. The minimum absolute atomic E-state index is 0.0341. The van der Waals surface area contributed by atoms with E-state index in [1.165, 1.54) is 14.0 Å². The fourth-order valence-electron chi connectivity index (χ4n) is 7.57. The number of hydrogen-bond acceptors (Lipinski definition) is 12. The normalized spacial score (nSPS) is 27.3. The number of likely N-dealkylation sites (tertiary alicyclic amines) is 1. The van der Waals surface area contributed by atoms with Gasteiger partial charge in [-0.25, -0.2) is 9.59 Å². The van der Waals surface area contributed by atoms with Crippen LogP contribution in [0.3, 0.4) is 0 Å². The van der Waals surface area contributed by atoms with Crippen LogP contribution in [0.4, 0.5) is 0 Å². The molecule has 1 saturated heterocycles. The molecule has 1 aromatic rings. The highest BCUT2D eigenvalue weighted by Gasteiger charge is 2.72. The van der Waals surface area contributed by atoms with E-state index in [0.717, 1.165) is 18.1 Å². The average molecular weight is 659 g/mol. The van der Waals surface area contributed by atoms with Crippen molar-refractivity contribution in [3.8, 4) is 11.5 Å². The molecule has 256 valence electrons. The highest BCUT2D eigenvalue weighted by Crippen LogP contribution is 2.65. The van der Waals surface area contributed by atoms with Gasteiger partial charge in [0.05, 0.1) is 24.5 Å². The lowest BCUT2D eigenvalue weighted by atomic mass is 9.50. The van der Waals surface area contributed by atoms with Crippen molar-refractivity contribution < 1.29 is 57.9 Å². The van der Waals surface area contributed by atoms with Crippen LogP contribution in [0.1, 0.15) is 64.5 Å². The summed E-state index contributed by atoms with van der Waals surface area (Å²) >= 11 is 0. The summed E-state index contributed by atoms with van der Waals surface area (Å²) in [7, 11) is 3.50. The van der Waals surface area contributed by atoms with Gasteiger partial charge in [0.15, 0.2) is 23.7 Å². The summed E-state index contributed by atoms with van der Waals surface area (Å²) in [6.45, 7) is 6.53. The van der Waals surface area contributed by atoms with Gasteiger partial charge >= 0.3 is 23.9 Å². The maximum atomic E-state index is 13.3. The summed E-state index contributed by atoms with van der Waals surface area (Å²) < 4.78 is 28.1. The molecule has 0 saturated carbocycles. The van der Waals surface area contributed by atoms with Gasteiger partial charge < -0.3 is 44.1 Å². The third-order valence-corrected chi connectivity index (χ3v) is 9.70. The third-order valence-electron chi connectivity index (χ3n) is 9.70. The van der Waals surface area contributed by atoms with Crippen LogP contribution in [0.5, 0.6) is 11.5 Å². The Hall–Kier alpha value is -4.17. The number of amides is 1. The molecule has 14 heteroatoms. The van der Waals surface area contributed by atoms with Crippen LogP contribution in [-0.2, 0) is 50.0 Å². The molecular formula is C33H42N2O12. The Morgan fingerprint density at radius 1 is 1.15 bits per heavy atom. The van der Waals surface area contributed by atoms with Crippen molar-refractivity contribution >= 4 is 29.8 Å². The van der Waals surface area contributed by atoms with Crippen LogP contribution in [-0.4, -0.2) is 102 Å². The molecule has 4 aliphatic rings. The molecule has 0 aromatic heterocycles. The van der Waals surface area contributed by atoms with Crippen LogP contribution in [0.15, 0.2) is 24.0 Å². The summed E-state index contributed by atoms with van der Waals surface area (Å²) in [5.41, 5.74) is -0.276. The van der Waals surface area contributed by atoms with Crippen molar-refractivity contribution in [2.75, 3.05) is 20.7 Å². The number of likely N-dealkylation sites (N-methyl/N-ethyl adjacent to an activating group) is 1. The van der Waals surface area contributed by atoms with E-state index in [-0.39, 0.29) is 30.6 Å². The van der Waals surface area contributed by atoms with Gasteiger partial charge in [-0.15, -0.1) is 0 Å². The molecule has 0 radical (unpaired) electrons. The molecule has 3 N–H and O–H groups in total. The molecule has 2 bridgehead atoms. The summed E-state index contributed by atoms with van der Waals surface area (Å²) in [5.74, 6) is -4.01. The zero-order valence-electron chi connectivity index (χ0n) is 27.4. The lowest BCUT2D eigenvalue weighted by Gasteiger charge is -2.61. The number of aliphatic hydroxyl groups is 1. The summed E-state index contributed by atoms with van der Waals surface area (Å²) in [5, 5.41) is 24.1. The fraction of sp³-hybridized carbons (Fsp3) is 0.606. The molecule has 1 amide bonds. The summed E-state index contributed by atoms with van der Waals surface area (Å²) in [4.78, 5) is 64.6. The lowest BCUT2D eigenvalue weighted by Crippen LogP contribution is -2.74. The maximum Gasteiger partial charge on any atom is 0.348 e. The van der Waals surface area contributed by atoms with Gasteiger partial charge in [0.2, 0.25) is 6.10 Å². The molecule has 14 nitrogen and oxygen atoms in total. The highest BCUT2D eigenvalue weighted by atomic mass is 16.6. The Morgan fingerprint density at radius 3 is 2.51 bits per heavy atom. The maximum absolute atomic E-state index is 13.3. The predicted octanol–water partition coefficient (Wildman–Crippen LogP) is 1.39. The zero-order valence-corrected chi connectivity index (χ0v) is 27.4. The molecule has 1 spiro atoms.